The van der Waals surface area contributed by atoms with E-state index in [0.717, 1.165) is 10.1 Å². The fraction of sp³-hybridized carbons (Fsp3) is 0.409. The van der Waals surface area contributed by atoms with E-state index in [2.05, 4.69) is 4.98 Å². The normalized spacial score (nSPS) is 15.8. The van der Waals surface area contributed by atoms with Gasteiger partial charge in [-0.1, -0.05) is 29.8 Å². The van der Waals surface area contributed by atoms with Crippen molar-refractivity contribution < 1.29 is 13.9 Å². The second-order valence-electron chi connectivity index (χ2n) is 7.99. The van der Waals surface area contributed by atoms with Gasteiger partial charge in [0.05, 0.1) is 0 Å². The second-order valence-corrected chi connectivity index (χ2v) is 8.42. The Morgan fingerprint density at radius 1 is 1.19 bits per heavy atom. The Hall–Kier alpha value is -2.78. The van der Waals surface area contributed by atoms with E-state index in [1.165, 1.54) is 17.7 Å². The molecule has 1 aliphatic carbocycles. The summed E-state index contributed by atoms with van der Waals surface area (Å²) in [5.41, 5.74) is 0.811. The number of nitrogens with zero attached hydrogens (tertiary/aromatic N) is 4. The maximum absolute atomic E-state index is 13.7. The molecule has 32 heavy (non-hydrogen) atoms. The second kappa shape index (κ2) is 8.63. The molecular weight excluding hydrogens is 442 g/mol. The minimum absolute atomic E-state index is 0.0638. The average Bonchev–Trinajstić information content (AvgIpc) is 3.13. The van der Waals surface area contributed by atoms with Gasteiger partial charge in [0.2, 0.25) is 0 Å². The summed E-state index contributed by atoms with van der Waals surface area (Å²) in [5.74, 6) is -2.36. The number of benzene rings is 1. The molecule has 0 radical (unpaired) electrons. The third-order valence-corrected chi connectivity index (χ3v) is 5.97. The van der Waals surface area contributed by atoms with Gasteiger partial charge in [-0.3, -0.25) is 13.9 Å². The minimum Gasteiger partial charge on any atom is -0.396 e. The first-order valence-corrected chi connectivity index (χ1v) is 10.7. The third kappa shape index (κ3) is 4.14. The fourth-order valence-corrected chi connectivity index (χ4v) is 4.09. The average molecular weight is 465 g/mol. The van der Waals surface area contributed by atoms with Gasteiger partial charge >= 0.3 is 5.69 Å². The van der Waals surface area contributed by atoms with E-state index < -0.39 is 23.6 Å². The van der Waals surface area contributed by atoms with Gasteiger partial charge in [-0.2, -0.15) is 0 Å². The minimum atomic E-state index is -2.76. The molecule has 0 spiro atoms. The summed E-state index contributed by atoms with van der Waals surface area (Å²) < 4.78 is 31.5. The Kier molecular flexibility index (Phi) is 6.05. The summed E-state index contributed by atoms with van der Waals surface area (Å²) in [6, 6.07) is 7.08. The van der Waals surface area contributed by atoms with Crippen LogP contribution in [-0.2, 0) is 20.1 Å². The van der Waals surface area contributed by atoms with Crippen molar-refractivity contribution in [2.24, 2.45) is 7.05 Å². The van der Waals surface area contributed by atoms with E-state index >= 15 is 0 Å². The quantitative estimate of drug-likeness (QED) is 0.607. The van der Waals surface area contributed by atoms with Crippen LogP contribution in [-0.4, -0.2) is 36.3 Å². The van der Waals surface area contributed by atoms with Crippen molar-refractivity contribution in [3.8, 4) is 0 Å². The molecule has 0 unspecified atom stereocenters. The largest absolute Gasteiger partial charge is 0.396 e. The van der Waals surface area contributed by atoms with Gasteiger partial charge in [-0.15, -0.1) is 0 Å². The molecule has 1 aromatic carbocycles. The Morgan fingerprint density at radius 3 is 2.53 bits per heavy atom. The molecule has 0 amide bonds. The zero-order valence-electron chi connectivity index (χ0n) is 17.5. The van der Waals surface area contributed by atoms with Gasteiger partial charge in [0.15, 0.2) is 11.2 Å². The van der Waals surface area contributed by atoms with Gasteiger partial charge < -0.3 is 9.67 Å². The number of aliphatic hydroxyl groups excluding tert-OH is 1. The van der Waals surface area contributed by atoms with Gasteiger partial charge in [0.1, 0.15) is 5.82 Å². The zero-order valence-corrected chi connectivity index (χ0v) is 18.3. The van der Waals surface area contributed by atoms with Crippen LogP contribution >= 0.6 is 11.6 Å². The molecule has 0 saturated carbocycles. The van der Waals surface area contributed by atoms with Crippen LogP contribution in [0, 0.1) is 0 Å². The number of allylic oxidation sites excluding steroid dienone is 2. The summed E-state index contributed by atoms with van der Waals surface area (Å²) >= 11 is 5.99. The molecule has 2 heterocycles. The smallest absolute Gasteiger partial charge is 0.332 e. The highest BCUT2D eigenvalue weighted by atomic mass is 35.5. The van der Waals surface area contributed by atoms with Crippen LogP contribution in [0.1, 0.15) is 37.1 Å². The molecular formula is C22H23ClF2N4O3. The van der Waals surface area contributed by atoms with E-state index in [1.807, 2.05) is 12.1 Å². The van der Waals surface area contributed by atoms with Crippen molar-refractivity contribution in [3.63, 3.8) is 0 Å². The summed E-state index contributed by atoms with van der Waals surface area (Å²) in [6.45, 7) is 0.155. The monoisotopic (exact) mass is 464 g/mol. The summed E-state index contributed by atoms with van der Waals surface area (Å²) in [4.78, 5) is 30.6. The zero-order chi connectivity index (χ0) is 23.0. The predicted octanol–water partition coefficient (Wildman–Crippen LogP) is 3.18. The lowest BCUT2D eigenvalue weighted by atomic mass is 9.96. The molecule has 0 saturated heterocycles. The van der Waals surface area contributed by atoms with Crippen LogP contribution in [0.2, 0.25) is 5.02 Å². The van der Waals surface area contributed by atoms with E-state index in [-0.39, 0.29) is 50.1 Å². The number of hydrogen-bond donors (Lipinski definition) is 1. The van der Waals surface area contributed by atoms with Crippen molar-refractivity contribution in [1.29, 1.82) is 0 Å². The summed E-state index contributed by atoms with van der Waals surface area (Å²) in [7, 11) is 1.52. The van der Waals surface area contributed by atoms with Crippen LogP contribution in [0.15, 0.2) is 39.9 Å². The molecule has 4 rings (SSSR count). The number of imidazole rings is 1. The van der Waals surface area contributed by atoms with E-state index in [0.29, 0.717) is 16.4 Å². The predicted molar refractivity (Wildman–Crippen MR) is 118 cm³/mol. The first-order chi connectivity index (χ1) is 15.2. The molecule has 0 atom stereocenters. The highest BCUT2D eigenvalue weighted by Gasteiger charge is 2.33. The van der Waals surface area contributed by atoms with E-state index in [1.54, 1.807) is 16.7 Å². The molecule has 2 aromatic heterocycles. The van der Waals surface area contributed by atoms with Gasteiger partial charge in [-0.05, 0) is 36.1 Å². The van der Waals surface area contributed by atoms with Crippen LogP contribution in [0.3, 0.4) is 0 Å². The number of rotatable bonds is 6. The van der Waals surface area contributed by atoms with Crippen LogP contribution in [0.25, 0.3) is 16.7 Å². The SMILES string of the molecule is Cn1c(=O)n(CCCO)c(=O)c2c1nc(C1=CCC(F)(F)CC1)n2Cc1ccc(Cl)cc1. The summed E-state index contributed by atoms with van der Waals surface area (Å²) in [5, 5.41) is 9.72. The molecule has 1 N–H and O–H groups in total. The van der Waals surface area contributed by atoms with Crippen LogP contribution in [0.5, 0.6) is 0 Å². The number of halogens is 3. The van der Waals surface area contributed by atoms with Crippen molar-refractivity contribution in [1.82, 2.24) is 18.7 Å². The number of aromatic nitrogens is 4. The lowest BCUT2D eigenvalue weighted by Crippen LogP contribution is -2.40. The standard InChI is InChI=1S/C22H23ClF2N4O3/c1-27-19-17(20(31)28(21(27)32)11-2-12-30)29(13-14-3-5-16(23)6-4-14)18(26-19)15-7-9-22(24,25)10-8-15/h3-7,30H,2,8-13H2,1H3. The lowest BCUT2D eigenvalue weighted by Gasteiger charge is -2.21. The van der Waals surface area contributed by atoms with E-state index in [9.17, 15) is 18.4 Å². The molecule has 3 aromatic rings. The first kappa shape index (κ1) is 22.4. The summed E-state index contributed by atoms with van der Waals surface area (Å²) in [6.07, 6.45) is 1.13. The number of hydrogen-bond acceptors (Lipinski definition) is 4. The van der Waals surface area contributed by atoms with E-state index in [4.69, 9.17) is 16.7 Å². The number of fused-ring (bicyclic) bond motifs is 1. The molecule has 7 nitrogen and oxygen atoms in total. The Labute approximate surface area is 187 Å². The highest BCUT2D eigenvalue weighted by molar-refractivity contribution is 6.30. The Balaban J connectivity index is 1.96. The maximum Gasteiger partial charge on any atom is 0.332 e. The first-order valence-electron chi connectivity index (χ1n) is 10.3. The molecule has 0 bridgehead atoms. The van der Waals surface area contributed by atoms with Crippen LogP contribution in [0.4, 0.5) is 8.78 Å². The van der Waals surface area contributed by atoms with Crippen LogP contribution < -0.4 is 11.2 Å². The van der Waals surface area contributed by atoms with Gasteiger partial charge in [-0.25, -0.2) is 18.6 Å². The van der Waals surface area contributed by atoms with Crippen molar-refractivity contribution in [2.75, 3.05) is 6.61 Å². The molecule has 170 valence electrons. The molecule has 0 aliphatic heterocycles. The molecule has 1 aliphatic rings. The molecule has 0 fully saturated rings. The highest BCUT2D eigenvalue weighted by Crippen LogP contribution is 2.36. The van der Waals surface area contributed by atoms with Crippen molar-refractivity contribution in [2.45, 2.75) is 44.7 Å². The van der Waals surface area contributed by atoms with Crippen molar-refractivity contribution in [3.05, 3.63) is 67.6 Å². The van der Waals surface area contributed by atoms with Gasteiger partial charge in [0.25, 0.3) is 11.5 Å². The third-order valence-electron chi connectivity index (χ3n) is 5.72. The van der Waals surface area contributed by atoms with Gasteiger partial charge in [0, 0.05) is 44.6 Å². The Bertz CT molecular complexity index is 1310. The number of aliphatic hydroxyl groups is 1. The number of alkyl halides is 2. The number of aryl methyl sites for hydroxylation is 1. The topological polar surface area (TPSA) is 82.0 Å². The van der Waals surface area contributed by atoms with Crippen molar-refractivity contribution >= 4 is 28.3 Å². The fourth-order valence-electron chi connectivity index (χ4n) is 3.97. The molecule has 10 heteroatoms. The lowest BCUT2D eigenvalue weighted by molar-refractivity contribution is -0.00610. The maximum atomic E-state index is 13.7. The Morgan fingerprint density at radius 2 is 1.91 bits per heavy atom.